The number of amides is 1. The molecule has 204 valence electrons. The highest BCUT2D eigenvalue weighted by atomic mass is 32.2. The minimum absolute atomic E-state index is 0.0000672. The van der Waals surface area contributed by atoms with E-state index in [1.807, 2.05) is 0 Å². The number of aryl methyl sites for hydroxylation is 1. The van der Waals surface area contributed by atoms with E-state index in [1.165, 1.54) is 9.47 Å². The molecule has 0 N–H and O–H groups in total. The van der Waals surface area contributed by atoms with E-state index in [1.54, 1.807) is 0 Å². The molecule has 13 heteroatoms. The zero-order valence-corrected chi connectivity index (χ0v) is 21.1. The van der Waals surface area contributed by atoms with Gasteiger partial charge in [-0.2, -0.15) is 18.2 Å². The highest BCUT2D eigenvalue weighted by Gasteiger charge is 2.39. The maximum absolute atomic E-state index is 14.9. The van der Waals surface area contributed by atoms with E-state index in [2.05, 4.69) is 18.1 Å². The molecule has 2 aromatic carbocycles. The third-order valence-electron chi connectivity index (χ3n) is 6.60. The molecule has 6 nitrogen and oxygen atoms in total. The van der Waals surface area contributed by atoms with E-state index >= 15 is 0 Å². The van der Waals surface area contributed by atoms with E-state index < -0.39 is 51.9 Å². The van der Waals surface area contributed by atoms with Crippen LogP contribution in [0.3, 0.4) is 0 Å². The zero-order chi connectivity index (χ0) is 28.2. The molecule has 1 fully saturated rings. The van der Waals surface area contributed by atoms with Crippen LogP contribution in [-0.4, -0.2) is 45.7 Å². The quantitative estimate of drug-likeness (QED) is 0.310. The monoisotopic (exact) mass is 566 g/mol. The number of piperazine rings is 1. The molecule has 3 aromatic rings. The number of aromatic nitrogens is 2. The van der Waals surface area contributed by atoms with Crippen LogP contribution >= 0.6 is 11.8 Å². The van der Waals surface area contributed by atoms with Crippen LogP contribution in [0.15, 0.2) is 58.6 Å². The Labute approximate surface area is 222 Å². The number of alkyl halides is 3. The van der Waals surface area contributed by atoms with Crippen LogP contribution in [0.1, 0.15) is 12.0 Å². The number of thioether (sulfide) groups is 1. The fraction of sp³-hybridized carbons (Fsp3) is 0.269. The third-order valence-corrected chi connectivity index (χ3v) is 7.78. The van der Waals surface area contributed by atoms with Gasteiger partial charge in [0.15, 0.2) is 5.83 Å². The lowest BCUT2D eigenvalue weighted by Crippen LogP contribution is -2.47. The minimum atomic E-state index is -4.94. The summed E-state index contributed by atoms with van der Waals surface area (Å²) in [4.78, 5) is 32.0. The Morgan fingerprint density at radius 3 is 2.49 bits per heavy atom. The van der Waals surface area contributed by atoms with Crippen LogP contribution in [-0.2, 0) is 17.5 Å². The number of hydrogen-bond donors (Lipinski definition) is 0. The standard InChI is InChI=1S/C26H20F6N4O2S/c1-13-12-34(7-8-35(13)24(37)14(2)27)23-17-11-18(26(30,31)32)20(16-5-4-15(28)10-19(16)29)22-21(17)36(25(38)33-23)6-3-9-39-22/h4-5,10-11H,1-3,6-9,12H2. The topological polar surface area (TPSA) is 58.4 Å². The zero-order valence-electron chi connectivity index (χ0n) is 20.2. The summed E-state index contributed by atoms with van der Waals surface area (Å²) in [5.74, 6) is -4.02. The summed E-state index contributed by atoms with van der Waals surface area (Å²) in [5, 5.41) is 0.0000672. The van der Waals surface area contributed by atoms with Gasteiger partial charge in [-0.1, -0.05) is 13.2 Å². The summed E-state index contributed by atoms with van der Waals surface area (Å²) in [6.07, 6.45) is -4.51. The fourth-order valence-corrected chi connectivity index (χ4v) is 6.10. The predicted octanol–water partition coefficient (Wildman–Crippen LogP) is 5.50. The second-order valence-electron chi connectivity index (χ2n) is 9.07. The maximum Gasteiger partial charge on any atom is 0.417 e. The van der Waals surface area contributed by atoms with Gasteiger partial charge in [-0.15, -0.1) is 11.8 Å². The average Bonchev–Trinajstić information content (AvgIpc) is 3.09. The molecule has 3 heterocycles. The lowest BCUT2D eigenvalue weighted by molar-refractivity contribution is -0.137. The first-order valence-corrected chi connectivity index (χ1v) is 12.7. The molecule has 0 aliphatic carbocycles. The van der Waals surface area contributed by atoms with Crippen molar-refractivity contribution in [2.24, 2.45) is 0 Å². The van der Waals surface area contributed by atoms with Crippen LogP contribution in [0.2, 0.25) is 0 Å². The lowest BCUT2D eigenvalue weighted by atomic mass is 9.95. The van der Waals surface area contributed by atoms with Crippen molar-refractivity contribution in [1.82, 2.24) is 14.5 Å². The van der Waals surface area contributed by atoms with Crippen molar-refractivity contribution in [3.8, 4) is 11.1 Å². The van der Waals surface area contributed by atoms with Gasteiger partial charge in [0.05, 0.1) is 17.6 Å². The van der Waals surface area contributed by atoms with E-state index in [0.717, 1.165) is 34.9 Å². The molecular weight excluding hydrogens is 546 g/mol. The van der Waals surface area contributed by atoms with Crippen LogP contribution in [0.4, 0.5) is 32.2 Å². The van der Waals surface area contributed by atoms with Gasteiger partial charge in [0.25, 0.3) is 5.91 Å². The number of halogens is 6. The molecule has 39 heavy (non-hydrogen) atoms. The molecule has 0 radical (unpaired) electrons. The maximum atomic E-state index is 14.9. The average molecular weight is 567 g/mol. The largest absolute Gasteiger partial charge is 0.417 e. The summed E-state index contributed by atoms with van der Waals surface area (Å²) in [5.41, 5.74) is -2.51. The van der Waals surface area contributed by atoms with Gasteiger partial charge in [0.1, 0.15) is 17.5 Å². The van der Waals surface area contributed by atoms with Crippen molar-refractivity contribution in [2.45, 2.75) is 24.0 Å². The van der Waals surface area contributed by atoms with Crippen molar-refractivity contribution in [1.29, 1.82) is 0 Å². The molecule has 2 aliphatic heterocycles. The Hall–Kier alpha value is -3.74. The first kappa shape index (κ1) is 26.9. The van der Waals surface area contributed by atoms with Crippen molar-refractivity contribution in [3.05, 3.63) is 76.6 Å². The Kier molecular flexibility index (Phi) is 6.73. The van der Waals surface area contributed by atoms with Crippen LogP contribution in [0, 0.1) is 11.6 Å². The molecule has 2 aliphatic rings. The number of benzene rings is 2. The molecule has 0 atom stereocenters. The Balaban J connectivity index is 1.79. The third kappa shape index (κ3) is 4.68. The number of hydrogen-bond acceptors (Lipinski definition) is 5. The fourth-order valence-electron chi connectivity index (χ4n) is 4.90. The molecule has 1 aromatic heterocycles. The highest BCUT2D eigenvalue weighted by Crippen LogP contribution is 2.48. The number of carbonyl (C=O) groups excluding carboxylic acids is 1. The van der Waals surface area contributed by atoms with Gasteiger partial charge < -0.3 is 9.80 Å². The second-order valence-corrected chi connectivity index (χ2v) is 10.2. The molecule has 0 spiro atoms. The normalized spacial score (nSPS) is 16.0. The smallest absolute Gasteiger partial charge is 0.348 e. The van der Waals surface area contributed by atoms with Crippen molar-refractivity contribution >= 4 is 34.4 Å². The van der Waals surface area contributed by atoms with E-state index in [9.17, 15) is 35.9 Å². The Morgan fingerprint density at radius 1 is 1.10 bits per heavy atom. The molecule has 1 amide bonds. The number of carbonyl (C=O) groups is 1. The number of anilines is 1. The first-order valence-electron chi connectivity index (χ1n) is 11.7. The van der Waals surface area contributed by atoms with Crippen molar-refractivity contribution in [2.75, 3.05) is 30.3 Å². The first-order chi connectivity index (χ1) is 18.4. The van der Waals surface area contributed by atoms with Gasteiger partial charge in [-0.3, -0.25) is 9.36 Å². The molecule has 0 bridgehead atoms. The van der Waals surface area contributed by atoms with Crippen molar-refractivity contribution < 1.29 is 31.1 Å². The van der Waals surface area contributed by atoms with E-state index in [4.69, 9.17) is 0 Å². The lowest BCUT2D eigenvalue weighted by Gasteiger charge is -2.37. The minimum Gasteiger partial charge on any atom is -0.348 e. The Morgan fingerprint density at radius 2 is 1.85 bits per heavy atom. The molecular formula is C26H20F6N4O2S. The predicted molar refractivity (Wildman–Crippen MR) is 135 cm³/mol. The van der Waals surface area contributed by atoms with Gasteiger partial charge >= 0.3 is 11.9 Å². The molecule has 0 saturated carbocycles. The van der Waals surface area contributed by atoms with Gasteiger partial charge in [0, 0.05) is 52.8 Å². The number of rotatable bonds is 3. The molecule has 5 rings (SSSR count). The Bertz CT molecular complexity index is 1620. The summed E-state index contributed by atoms with van der Waals surface area (Å²) >= 11 is 1.05. The summed E-state index contributed by atoms with van der Waals surface area (Å²) < 4.78 is 86.9. The van der Waals surface area contributed by atoms with Crippen molar-refractivity contribution in [3.63, 3.8) is 0 Å². The van der Waals surface area contributed by atoms with E-state index in [0.29, 0.717) is 18.2 Å². The van der Waals surface area contributed by atoms with Crippen LogP contribution < -0.4 is 10.6 Å². The second kappa shape index (κ2) is 9.78. The van der Waals surface area contributed by atoms with Gasteiger partial charge in [-0.25, -0.2) is 18.0 Å². The summed E-state index contributed by atoms with van der Waals surface area (Å²) in [6, 6.07) is 3.16. The summed E-state index contributed by atoms with van der Waals surface area (Å²) in [7, 11) is 0. The number of nitrogens with zero attached hydrogens (tertiary/aromatic N) is 4. The van der Waals surface area contributed by atoms with Gasteiger partial charge in [0.2, 0.25) is 0 Å². The summed E-state index contributed by atoms with van der Waals surface area (Å²) in [6.45, 7) is 6.76. The van der Waals surface area contributed by atoms with Crippen LogP contribution in [0.5, 0.6) is 0 Å². The highest BCUT2D eigenvalue weighted by molar-refractivity contribution is 7.99. The molecule has 0 unspecified atom stereocenters. The van der Waals surface area contributed by atoms with Crippen LogP contribution in [0.25, 0.3) is 22.0 Å². The van der Waals surface area contributed by atoms with E-state index in [-0.39, 0.29) is 53.5 Å². The molecule has 1 saturated heterocycles. The SMILES string of the molecule is C=C(F)C(=O)N1CCN(c2nc(=O)n3c4c(c(-c5ccc(F)cc5F)c(C(F)(F)F)cc24)SCCC3)CC1=C. The van der Waals surface area contributed by atoms with Gasteiger partial charge in [-0.05, 0) is 30.4 Å².